The van der Waals surface area contributed by atoms with Gasteiger partial charge < -0.3 is 4.90 Å². The normalized spacial score (nSPS) is 26.0. The molecule has 3 aromatic rings. The Balaban J connectivity index is 1.34. The van der Waals surface area contributed by atoms with Crippen molar-refractivity contribution in [1.29, 1.82) is 0 Å². The number of piperazine rings is 1. The standard InChI is InChI=1S/C20H25N7/c1-24-10-14(9-22-24)18-13-26-20(23-18)19(7-8-21-26)25-11-16-5-6-17(12-25)27(16)15-3-2-4-15/h7-10,13,15-17H,2-6,11-12H2,1H3/t16-,17+. The number of hydrogen-bond donors (Lipinski definition) is 0. The number of imidazole rings is 1. The summed E-state index contributed by atoms with van der Waals surface area (Å²) in [6.45, 7) is 2.23. The van der Waals surface area contributed by atoms with E-state index in [4.69, 9.17) is 4.98 Å². The van der Waals surface area contributed by atoms with Crippen molar-refractivity contribution in [2.45, 2.75) is 50.2 Å². The summed E-state index contributed by atoms with van der Waals surface area (Å²) in [4.78, 5) is 10.3. The van der Waals surface area contributed by atoms with Crippen LogP contribution in [0.3, 0.4) is 0 Å². The lowest BCUT2D eigenvalue weighted by Gasteiger charge is -2.48. The Morgan fingerprint density at radius 2 is 1.78 bits per heavy atom. The van der Waals surface area contributed by atoms with Crippen LogP contribution in [0.2, 0.25) is 0 Å². The first-order valence-electron chi connectivity index (χ1n) is 10.1. The fraction of sp³-hybridized carbons (Fsp3) is 0.550. The maximum Gasteiger partial charge on any atom is 0.177 e. The van der Waals surface area contributed by atoms with Crippen LogP contribution in [0.25, 0.3) is 16.9 Å². The van der Waals surface area contributed by atoms with Crippen LogP contribution >= 0.6 is 0 Å². The number of nitrogens with zero attached hydrogens (tertiary/aromatic N) is 7. The molecular weight excluding hydrogens is 338 g/mol. The molecule has 3 aromatic heterocycles. The van der Waals surface area contributed by atoms with Gasteiger partial charge in [-0.1, -0.05) is 6.42 Å². The lowest BCUT2D eigenvalue weighted by molar-refractivity contribution is 0.0627. The van der Waals surface area contributed by atoms with Crippen LogP contribution in [0, 0.1) is 0 Å². The Labute approximate surface area is 158 Å². The van der Waals surface area contributed by atoms with Crippen LogP contribution in [-0.2, 0) is 7.05 Å². The molecule has 6 rings (SSSR count). The topological polar surface area (TPSA) is 54.5 Å². The first kappa shape index (κ1) is 15.6. The molecule has 0 amide bonds. The minimum absolute atomic E-state index is 0.704. The Morgan fingerprint density at radius 3 is 2.44 bits per heavy atom. The monoisotopic (exact) mass is 363 g/mol. The first-order chi connectivity index (χ1) is 13.3. The Bertz CT molecular complexity index is 971. The largest absolute Gasteiger partial charge is 0.365 e. The highest BCUT2D eigenvalue weighted by atomic mass is 15.4. The van der Waals surface area contributed by atoms with Gasteiger partial charge in [-0.3, -0.25) is 9.58 Å². The van der Waals surface area contributed by atoms with E-state index in [1.165, 1.54) is 37.8 Å². The summed E-state index contributed by atoms with van der Waals surface area (Å²) in [5, 5.41) is 8.77. The number of rotatable bonds is 3. The van der Waals surface area contributed by atoms with Gasteiger partial charge in [0.05, 0.1) is 30.0 Å². The van der Waals surface area contributed by atoms with Gasteiger partial charge in [0.25, 0.3) is 0 Å². The third-order valence-electron chi connectivity index (χ3n) is 6.72. The van der Waals surface area contributed by atoms with E-state index >= 15 is 0 Å². The molecule has 5 heterocycles. The van der Waals surface area contributed by atoms with E-state index in [1.54, 1.807) is 0 Å². The highest BCUT2D eigenvalue weighted by Gasteiger charge is 2.44. The lowest BCUT2D eigenvalue weighted by atomic mass is 9.89. The Hall–Kier alpha value is -2.41. The molecule has 2 bridgehead atoms. The molecule has 2 atom stereocenters. The zero-order valence-corrected chi connectivity index (χ0v) is 15.7. The summed E-state index contributed by atoms with van der Waals surface area (Å²) in [6, 6.07) is 4.39. The molecule has 0 radical (unpaired) electrons. The number of anilines is 1. The van der Waals surface area contributed by atoms with Gasteiger partial charge in [0.2, 0.25) is 0 Å². The number of hydrogen-bond acceptors (Lipinski definition) is 5. The van der Waals surface area contributed by atoms with Crippen LogP contribution < -0.4 is 4.90 Å². The van der Waals surface area contributed by atoms with E-state index in [-0.39, 0.29) is 0 Å². The van der Waals surface area contributed by atoms with Crippen molar-refractivity contribution < 1.29 is 0 Å². The van der Waals surface area contributed by atoms with Crippen LogP contribution in [0.5, 0.6) is 0 Å². The minimum Gasteiger partial charge on any atom is -0.365 e. The molecule has 7 nitrogen and oxygen atoms in total. The molecular formula is C20H25N7. The summed E-state index contributed by atoms with van der Waals surface area (Å²) in [5.74, 6) is 0. The second-order valence-corrected chi connectivity index (χ2v) is 8.34. The van der Waals surface area contributed by atoms with Crippen molar-refractivity contribution in [1.82, 2.24) is 29.3 Å². The molecule has 0 unspecified atom stereocenters. The molecule has 27 heavy (non-hydrogen) atoms. The van der Waals surface area contributed by atoms with E-state index in [1.807, 2.05) is 41.0 Å². The van der Waals surface area contributed by atoms with Gasteiger partial charge in [-0.15, -0.1) is 0 Å². The molecule has 140 valence electrons. The third kappa shape index (κ3) is 2.41. The van der Waals surface area contributed by atoms with Gasteiger partial charge in [-0.05, 0) is 31.7 Å². The zero-order chi connectivity index (χ0) is 18.0. The maximum absolute atomic E-state index is 4.92. The molecule has 0 spiro atoms. The summed E-state index contributed by atoms with van der Waals surface area (Å²) in [5.41, 5.74) is 4.13. The van der Waals surface area contributed by atoms with E-state index in [0.29, 0.717) is 12.1 Å². The van der Waals surface area contributed by atoms with Crippen molar-refractivity contribution >= 4 is 11.3 Å². The van der Waals surface area contributed by atoms with E-state index < -0.39 is 0 Å². The van der Waals surface area contributed by atoms with Crippen molar-refractivity contribution in [3.05, 3.63) is 30.9 Å². The van der Waals surface area contributed by atoms with Crippen molar-refractivity contribution in [2.75, 3.05) is 18.0 Å². The molecule has 2 saturated heterocycles. The summed E-state index contributed by atoms with van der Waals surface area (Å²) < 4.78 is 3.73. The maximum atomic E-state index is 4.92. The number of fused-ring (bicyclic) bond motifs is 3. The fourth-order valence-electron chi connectivity index (χ4n) is 5.24. The molecule has 0 N–H and O–H groups in total. The number of aryl methyl sites for hydroxylation is 1. The Morgan fingerprint density at radius 1 is 0.963 bits per heavy atom. The van der Waals surface area contributed by atoms with Crippen molar-refractivity contribution in [3.63, 3.8) is 0 Å². The van der Waals surface area contributed by atoms with Gasteiger partial charge in [0, 0.05) is 50.0 Å². The molecule has 2 aliphatic heterocycles. The van der Waals surface area contributed by atoms with Crippen LogP contribution in [0.1, 0.15) is 32.1 Å². The Kier molecular flexibility index (Phi) is 3.35. The second-order valence-electron chi connectivity index (χ2n) is 8.34. The molecule has 0 aromatic carbocycles. The lowest BCUT2D eigenvalue weighted by Crippen LogP contribution is -2.58. The number of aromatic nitrogens is 5. The minimum atomic E-state index is 0.704. The predicted molar refractivity (Wildman–Crippen MR) is 104 cm³/mol. The zero-order valence-electron chi connectivity index (χ0n) is 15.7. The van der Waals surface area contributed by atoms with Gasteiger partial charge in [-0.25, -0.2) is 9.50 Å². The van der Waals surface area contributed by atoms with Gasteiger partial charge in [0.1, 0.15) is 0 Å². The van der Waals surface area contributed by atoms with Gasteiger partial charge in [-0.2, -0.15) is 10.2 Å². The van der Waals surface area contributed by atoms with Crippen LogP contribution in [-0.4, -0.2) is 60.5 Å². The summed E-state index contributed by atoms with van der Waals surface area (Å²) >= 11 is 0. The van der Waals surface area contributed by atoms with Crippen LogP contribution in [0.4, 0.5) is 5.69 Å². The first-order valence-corrected chi connectivity index (χ1v) is 10.1. The molecule has 7 heteroatoms. The quantitative estimate of drug-likeness (QED) is 0.715. The molecule has 1 aliphatic carbocycles. The highest BCUT2D eigenvalue weighted by molar-refractivity contribution is 5.72. The molecule has 3 fully saturated rings. The predicted octanol–water partition coefficient (Wildman–Crippen LogP) is 2.34. The molecule has 1 saturated carbocycles. The third-order valence-corrected chi connectivity index (χ3v) is 6.72. The van der Waals surface area contributed by atoms with Crippen molar-refractivity contribution in [2.24, 2.45) is 7.05 Å². The summed E-state index contributed by atoms with van der Waals surface area (Å²) in [6.07, 6.45) is 14.7. The smallest absolute Gasteiger partial charge is 0.177 e. The fourth-order valence-corrected chi connectivity index (χ4v) is 5.24. The van der Waals surface area contributed by atoms with E-state index in [2.05, 4.69) is 26.1 Å². The average Bonchev–Trinajstić information content (AvgIpc) is 3.29. The SMILES string of the molecule is Cn1cc(-c2cn3nccc(N4C[C@H]5CC[C@@H](C4)N5C4CCC4)c3n2)cn1. The van der Waals surface area contributed by atoms with E-state index in [0.717, 1.165) is 36.0 Å². The van der Waals surface area contributed by atoms with Crippen LogP contribution in [0.15, 0.2) is 30.9 Å². The van der Waals surface area contributed by atoms with Gasteiger partial charge >= 0.3 is 0 Å². The molecule has 3 aliphatic rings. The van der Waals surface area contributed by atoms with Gasteiger partial charge in [0.15, 0.2) is 5.65 Å². The second kappa shape index (κ2) is 5.79. The highest BCUT2D eigenvalue weighted by Crippen LogP contribution is 2.40. The average molecular weight is 363 g/mol. The van der Waals surface area contributed by atoms with Crippen molar-refractivity contribution in [3.8, 4) is 11.3 Å². The van der Waals surface area contributed by atoms with E-state index in [9.17, 15) is 0 Å². The summed E-state index contributed by atoms with van der Waals surface area (Å²) in [7, 11) is 1.93.